The topological polar surface area (TPSA) is 3.24 Å². The van der Waals surface area contributed by atoms with E-state index in [0.29, 0.717) is 0 Å². The predicted molar refractivity (Wildman–Crippen MR) is 252 cm³/mol. The van der Waals surface area contributed by atoms with Crippen LogP contribution in [0.3, 0.4) is 0 Å². The third kappa shape index (κ3) is 9.85. The second-order valence-corrected chi connectivity index (χ2v) is 14.8. The summed E-state index contributed by atoms with van der Waals surface area (Å²) in [5, 5.41) is 0. The van der Waals surface area contributed by atoms with E-state index in [1.54, 1.807) is 0 Å². The molecule has 0 saturated heterocycles. The maximum absolute atomic E-state index is 2.33. The number of hydrogen-bond donors (Lipinski definition) is 0. The molecule has 59 heavy (non-hydrogen) atoms. The van der Waals surface area contributed by atoms with Gasteiger partial charge in [-0.25, -0.2) is 0 Å². The molecule has 1 heteroatoms. The number of rotatable bonds is 8. The van der Waals surface area contributed by atoms with Gasteiger partial charge in [0.25, 0.3) is 0 Å². The Morgan fingerprint density at radius 1 is 0.237 bits per heavy atom. The van der Waals surface area contributed by atoms with Crippen LogP contribution < -0.4 is 4.90 Å². The Hall–Kier alpha value is -7.22. The van der Waals surface area contributed by atoms with Crippen LogP contribution in [-0.2, 0) is 5.41 Å². The van der Waals surface area contributed by atoms with Crippen molar-refractivity contribution < 1.29 is 0 Å². The number of para-hydroxylation sites is 1. The van der Waals surface area contributed by atoms with Crippen molar-refractivity contribution in [2.75, 3.05) is 4.90 Å². The smallest absolute Gasteiger partial charge is 0.0701 e. The summed E-state index contributed by atoms with van der Waals surface area (Å²) in [7, 11) is 0. The molecule has 0 amide bonds. The molecule has 288 valence electrons. The van der Waals surface area contributed by atoms with Crippen molar-refractivity contribution in [1.82, 2.24) is 0 Å². The van der Waals surface area contributed by atoms with Crippen LogP contribution in [-0.4, -0.2) is 0 Å². The molecule has 0 spiro atoms. The molecule has 0 aliphatic heterocycles. The molecule has 0 bridgehead atoms. The maximum Gasteiger partial charge on any atom is 0.0701 e. The third-order valence-corrected chi connectivity index (χ3v) is 10.6. The highest BCUT2D eigenvalue weighted by atomic mass is 15.1. The largest absolute Gasteiger partial charge is 0.311 e. The summed E-state index contributed by atoms with van der Waals surface area (Å²) in [5.74, 6) is 0. The Balaban J connectivity index is 0.000000318. The highest BCUT2D eigenvalue weighted by molar-refractivity contribution is 5.79. The first-order chi connectivity index (χ1) is 29.0. The molecule has 0 unspecified atom stereocenters. The van der Waals surface area contributed by atoms with Gasteiger partial charge in [0.15, 0.2) is 0 Å². The van der Waals surface area contributed by atoms with Crippen molar-refractivity contribution >= 4 is 17.1 Å². The second kappa shape index (κ2) is 19.8. The standard InChI is InChI=1S/C44H35N.2C7H8/c1-34-22-24-35(25-23-34)36-26-30-42(31-27-36)45(41-20-12-5-13-21-41)43-32-28-40(29-33-43)44(37-14-6-2-7-15-37,38-16-8-3-9-17-38)39-18-10-4-11-19-39;2*1-7-5-3-2-4-6-7/h2-33H,1H3;2*2-6H,1H3. The van der Waals surface area contributed by atoms with Crippen molar-refractivity contribution in [3.05, 3.63) is 294 Å². The molecule has 0 radical (unpaired) electrons. The lowest BCUT2D eigenvalue weighted by molar-refractivity contribution is 0.745. The van der Waals surface area contributed by atoms with Crippen LogP contribution in [0.15, 0.2) is 255 Å². The first-order valence-electron chi connectivity index (χ1n) is 20.3. The Bertz CT molecular complexity index is 2420. The third-order valence-electron chi connectivity index (χ3n) is 10.6. The number of aryl methyl sites for hydroxylation is 3. The fraction of sp³-hybridized carbons (Fsp3) is 0.0690. The average molecular weight is 762 g/mol. The number of hydrogen-bond acceptors (Lipinski definition) is 1. The van der Waals surface area contributed by atoms with Crippen LogP contribution in [0.4, 0.5) is 17.1 Å². The Morgan fingerprint density at radius 3 is 0.831 bits per heavy atom. The van der Waals surface area contributed by atoms with Gasteiger partial charge < -0.3 is 4.90 Å². The van der Waals surface area contributed by atoms with E-state index in [4.69, 9.17) is 0 Å². The molecule has 0 aliphatic carbocycles. The SMILES string of the molecule is Cc1ccc(-c2ccc(N(c3ccccc3)c3ccc(C(c4ccccc4)(c4ccccc4)c4ccccc4)cc3)cc2)cc1.Cc1ccccc1.Cc1ccccc1. The van der Waals surface area contributed by atoms with E-state index in [1.165, 1.54) is 50.1 Å². The minimum absolute atomic E-state index is 0.477. The van der Waals surface area contributed by atoms with Gasteiger partial charge in [0.1, 0.15) is 0 Å². The monoisotopic (exact) mass is 761 g/mol. The fourth-order valence-electron chi connectivity index (χ4n) is 7.57. The van der Waals surface area contributed by atoms with Gasteiger partial charge in [-0.2, -0.15) is 0 Å². The average Bonchev–Trinajstić information content (AvgIpc) is 3.30. The number of benzene rings is 9. The van der Waals surface area contributed by atoms with Gasteiger partial charge in [0.2, 0.25) is 0 Å². The van der Waals surface area contributed by atoms with Crippen LogP contribution in [0, 0.1) is 20.8 Å². The van der Waals surface area contributed by atoms with Gasteiger partial charge in [0.05, 0.1) is 5.41 Å². The minimum atomic E-state index is -0.477. The highest BCUT2D eigenvalue weighted by Crippen LogP contribution is 2.46. The summed E-state index contributed by atoms with van der Waals surface area (Å²) in [5.41, 5.74) is 14.1. The zero-order valence-electron chi connectivity index (χ0n) is 34.2. The predicted octanol–water partition coefficient (Wildman–Crippen LogP) is 15.5. The van der Waals surface area contributed by atoms with Gasteiger partial charge in [-0.15, -0.1) is 0 Å². The van der Waals surface area contributed by atoms with Crippen LogP contribution in [0.1, 0.15) is 38.9 Å². The molecule has 0 aliphatic rings. The fourth-order valence-corrected chi connectivity index (χ4v) is 7.57. The molecule has 9 aromatic carbocycles. The summed E-state index contributed by atoms with van der Waals surface area (Å²) in [6.07, 6.45) is 0. The molecule has 9 rings (SSSR count). The Kier molecular flexibility index (Phi) is 13.4. The van der Waals surface area contributed by atoms with E-state index in [-0.39, 0.29) is 0 Å². The molecule has 0 N–H and O–H groups in total. The van der Waals surface area contributed by atoms with E-state index in [2.05, 4.69) is 244 Å². The van der Waals surface area contributed by atoms with E-state index >= 15 is 0 Å². The van der Waals surface area contributed by atoms with Crippen LogP contribution in [0.2, 0.25) is 0 Å². The zero-order chi connectivity index (χ0) is 40.7. The quantitative estimate of drug-likeness (QED) is 0.139. The number of nitrogens with zero attached hydrogens (tertiary/aromatic N) is 1. The van der Waals surface area contributed by atoms with E-state index in [0.717, 1.165) is 17.1 Å². The van der Waals surface area contributed by atoms with Crippen molar-refractivity contribution in [2.45, 2.75) is 26.2 Å². The van der Waals surface area contributed by atoms with Gasteiger partial charge in [-0.05, 0) is 90.6 Å². The van der Waals surface area contributed by atoms with Crippen molar-refractivity contribution in [3.8, 4) is 11.1 Å². The van der Waals surface area contributed by atoms with Gasteiger partial charge in [-0.3, -0.25) is 0 Å². The first-order valence-corrected chi connectivity index (χ1v) is 20.3. The normalized spacial score (nSPS) is 10.6. The summed E-state index contributed by atoms with van der Waals surface area (Å²) >= 11 is 0. The lowest BCUT2D eigenvalue weighted by atomic mass is 9.65. The maximum atomic E-state index is 2.33. The van der Waals surface area contributed by atoms with Gasteiger partial charge >= 0.3 is 0 Å². The first kappa shape index (κ1) is 40.0. The van der Waals surface area contributed by atoms with Crippen LogP contribution in [0.25, 0.3) is 11.1 Å². The summed E-state index contributed by atoms with van der Waals surface area (Å²) in [6.45, 7) is 6.29. The summed E-state index contributed by atoms with van der Waals surface area (Å²) < 4.78 is 0. The summed E-state index contributed by atoms with van der Waals surface area (Å²) in [6, 6.07) is 90.5. The van der Waals surface area contributed by atoms with Crippen molar-refractivity contribution in [1.29, 1.82) is 0 Å². The molecule has 9 aromatic rings. The van der Waals surface area contributed by atoms with E-state index in [9.17, 15) is 0 Å². The molecular formula is C58H51N. The molecule has 0 aromatic heterocycles. The highest BCUT2D eigenvalue weighted by Gasteiger charge is 2.38. The van der Waals surface area contributed by atoms with Gasteiger partial charge in [-0.1, -0.05) is 235 Å². The van der Waals surface area contributed by atoms with Crippen molar-refractivity contribution in [2.24, 2.45) is 0 Å². The molecule has 1 nitrogen and oxygen atoms in total. The molecule has 0 atom stereocenters. The number of anilines is 3. The molecule has 0 fully saturated rings. The summed E-state index contributed by atoms with van der Waals surface area (Å²) in [4.78, 5) is 2.33. The Morgan fingerprint density at radius 2 is 0.492 bits per heavy atom. The lowest BCUT2D eigenvalue weighted by Crippen LogP contribution is -2.31. The lowest BCUT2D eigenvalue weighted by Gasteiger charge is -2.37. The molecule has 0 saturated carbocycles. The second-order valence-electron chi connectivity index (χ2n) is 14.8. The van der Waals surface area contributed by atoms with E-state index < -0.39 is 5.41 Å². The van der Waals surface area contributed by atoms with Crippen molar-refractivity contribution in [3.63, 3.8) is 0 Å². The van der Waals surface area contributed by atoms with Gasteiger partial charge in [0, 0.05) is 17.1 Å². The Labute approximate surface area is 351 Å². The molecule has 0 heterocycles. The van der Waals surface area contributed by atoms with E-state index in [1.807, 2.05) is 36.4 Å². The van der Waals surface area contributed by atoms with Crippen LogP contribution >= 0.6 is 0 Å². The zero-order valence-corrected chi connectivity index (χ0v) is 34.2. The van der Waals surface area contributed by atoms with Crippen LogP contribution in [0.5, 0.6) is 0 Å². The molecular weight excluding hydrogens is 711 g/mol. The minimum Gasteiger partial charge on any atom is -0.311 e.